The third-order valence-electron chi connectivity index (χ3n) is 5.20. The van der Waals surface area contributed by atoms with E-state index in [9.17, 15) is 4.79 Å². The number of benzene rings is 1. The summed E-state index contributed by atoms with van der Waals surface area (Å²) in [7, 11) is 1.55. The maximum absolute atomic E-state index is 12.9. The third-order valence-corrected chi connectivity index (χ3v) is 5.20. The van der Waals surface area contributed by atoms with E-state index < -0.39 is 0 Å². The summed E-state index contributed by atoms with van der Waals surface area (Å²) in [5, 5.41) is 10.0. The largest absolute Gasteiger partial charge is 0.493 e. The van der Waals surface area contributed by atoms with E-state index in [2.05, 4.69) is 16.0 Å². The van der Waals surface area contributed by atoms with Crippen molar-refractivity contribution in [3.05, 3.63) is 53.9 Å². The number of carbonyl (C=O) groups excluding carboxylic acids is 1. The molecule has 3 heterocycles. The lowest BCUT2D eigenvalue weighted by molar-refractivity contribution is 0.0626. The van der Waals surface area contributed by atoms with Crippen molar-refractivity contribution in [1.29, 1.82) is 5.26 Å². The first kappa shape index (κ1) is 18.8. The van der Waals surface area contributed by atoms with E-state index in [4.69, 9.17) is 14.7 Å². The minimum absolute atomic E-state index is 0.0536. The number of amides is 1. The van der Waals surface area contributed by atoms with Crippen LogP contribution in [-0.2, 0) is 0 Å². The number of nitrogens with zero attached hydrogens (tertiary/aromatic N) is 3. The van der Waals surface area contributed by atoms with Gasteiger partial charge in [-0.25, -0.2) is 4.98 Å². The summed E-state index contributed by atoms with van der Waals surface area (Å²) in [5.41, 5.74) is 1.70. The number of piperidine rings is 1. The van der Waals surface area contributed by atoms with Gasteiger partial charge in [0.05, 0.1) is 25.3 Å². The smallest absolute Gasteiger partial charge is 0.272 e. The Hall–Kier alpha value is -3.53. The van der Waals surface area contributed by atoms with Crippen LogP contribution in [0.1, 0.15) is 28.9 Å². The molecule has 1 saturated heterocycles. The number of likely N-dealkylation sites (tertiary alicyclic amines) is 1. The van der Waals surface area contributed by atoms with Crippen molar-refractivity contribution in [1.82, 2.24) is 14.9 Å². The first-order chi connectivity index (χ1) is 14.2. The number of aromatic amines is 1. The summed E-state index contributed by atoms with van der Waals surface area (Å²) >= 11 is 0. The molecule has 29 heavy (non-hydrogen) atoms. The molecule has 1 N–H and O–H groups in total. The molecule has 1 aliphatic rings. The van der Waals surface area contributed by atoms with Gasteiger partial charge in [-0.15, -0.1) is 0 Å². The lowest BCUT2D eigenvalue weighted by Crippen LogP contribution is -2.41. The normalized spacial score (nSPS) is 16.4. The Labute approximate surface area is 168 Å². The zero-order valence-electron chi connectivity index (χ0n) is 16.2. The first-order valence-corrected chi connectivity index (χ1v) is 9.62. The average Bonchev–Trinajstić information content (AvgIpc) is 3.25. The number of nitrogens with one attached hydrogen (secondary N) is 1. The van der Waals surface area contributed by atoms with E-state index in [1.54, 1.807) is 31.4 Å². The number of H-pyrrole nitrogens is 1. The van der Waals surface area contributed by atoms with Crippen LogP contribution < -0.4 is 9.47 Å². The monoisotopic (exact) mass is 390 g/mol. The standard InChI is InChI=1S/C22H22N4O3/c1-28-20-11-15(12-23)4-7-19(20)29-14-16-3-2-10-26(13-16)22(27)18-6-5-17-8-9-24-21(17)25-18/h4-9,11,16H,2-3,10,13-14H2,1H3,(H,24,25). The molecule has 1 atom stereocenters. The molecule has 0 aliphatic carbocycles. The molecule has 4 rings (SSSR count). The van der Waals surface area contributed by atoms with Crippen LogP contribution in [0.5, 0.6) is 11.5 Å². The minimum Gasteiger partial charge on any atom is -0.493 e. The molecule has 1 fully saturated rings. The van der Waals surface area contributed by atoms with Gasteiger partial charge in [0.2, 0.25) is 0 Å². The van der Waals surface area contributed by atoms with Crippen molar-refractivity contribution >= 4 is 16.9 Å². The van der Waals surface area contributed by atoms with Crippen LogP contribution in [0.25, 0.3) is 11.0 Å². The predicted molar refractivity (Wildman–Crippen MR) is 108 cm³/mol. The summed E-state index contributed by atoms with van der Waals surface area (Å²) in [6.07, 6.45) is 3.73. The Balaban J connectivity index is 1.40. The van der Waals surface area contributed by atoms with Crippen LogP contribution in [0.2, 0.25) is 0 Å². The second kappa shape index (κ2) is 8.23. The Morgan fingerprint density at radius 1 is 1.31 bits per heavy atom. The molecule has 7 heteroatoms. The summed E-state index contributed by atoms with van der Waals surface area (Å²) < 4.78 is 11.3. The Kier molecular flexibility index (Phi) is 5.34. The quantitative estimate of drug-likeness (QED) is 0.721. The van der Waals surface area contributed by atoms with Crippen LogP contribution in [0, 0.1) is 17.2 Å². The van der Waals surface area contributed by atoms with Gasteiger partial charge in [0, 0.05) is 36.7 Å². The molecule has 1 unspecified atom stereocenters. The number of ether oxygens (including phenoxy) is 2. The maximum Gasteiger partial charge on any atom is 0.272 e. The third kappa shape index (κ3) is 4.02. The lowest BCUT2D eigenvalue weighted by atomic mass is 9.98. The molecule has 7 nitrogen and oxygen atoms in total. The van der Waals surface area contributed by atoms with Gasteiger partial charge in [0.15, 0.2) is 11.5 Å². The SMILES string of the molecule is COc1cc(C#N)ccc1OCC1CCCN(C(=O)c2ccc3cc[nH]c3n2)C1. The fourth-order valence-electron chi connectivity index (χ4n) is 3.66. The number of pyridine rings is 1. The van der Waals surface area contributed by atoms with E-state index in [0.717, 1.165) is 30.4 Å². The molecule has 2 aromatic heterocycles. The second-order valence-corrected chi connectivity index (χ2v) is 7.16. The number of nitriles is 1. The molecular formula is C22H22N4O3. The van der Waals surface area contributed by atoms with Crippen LogP contribution in [0.3, 0.4) is 0 Å². The highest BCUT2D eigenvalue weighted by Crippen LogP contribution is 2.29. The van der Waals surface area contributed by atoms with Gasteiger partial charge in [-0.3, -0.25) is 4.79 Å². The summed E-state index contributed by atoms with van der Waals surface area (Å²) in [6.45, 7) is 1.83. The molecule has 1 aromatic carbocycles. The van der Waals surface area contributed by atoms with Crippen LogP contribution in [-0.4, -0.2) is 47.6 Å². The van der Waals surface area contributed by atoms with Crippen molar-refractivity contribution in [3.63, 3.8) is 0 Å². The van der Waals surface area contributed by atoms with Gasteiger partial charge in [-0.05, 0) is 43.2 Å². The van der Waals surface area contributed by atoms with Crippen LogP contribution >= 0.6 is 0 Å². The number of hydrogen-bond donors (Lipinski definition) is 1. The topological polar surface area (TPSA) is 91.2 Å². The van der Waals surface area contributed by atoms with Crippen molar-refractivity contribution in [2.24, 2.45) is 5.92 Å². The fourth-order valence-corrected chi connectivity index (χ4v) is 3.66. The summed E-state index contributed by atoms with van der Waals surface area (Å²) in [6, 6.07) is 12.8. The molecule has 1 aliphatic heterocycles. The van der Waals surface area contributed by atoms with Crippen molar-refractivity contribution in [2.75, 3.05) is 26.8 Å². The molecule has 0 spiro atoms. The number of hydrogen-bond acceptors (Lipinski definition) is 5. The number of methoxy groups -OCH3 is 1. The van der Waals surface area contributed by atoms with Crippen molar-refractivity contribution in [3.8, 4) is 17.6 Å². The number of carbonyl (C=O) groups is 1. The minimum atomic E-state index is -0.0536. The molecule has 3 aromatic rings. The van der Waals surface area contributed by atoms with Crippen molar-refractivity contribution in [2.45, 2.75) is 12.8 Å². The van der Waals surface area contributed by atoms with Gasteiger partial charge in [0.25, 0.3) is 5.91 Å². The zero-order chi connectivity index (χ0) is 20.2. The Bertz CT molecular complexity index is 1070. The second-order valence-electron chi connectivity index (χ2n) is 7.16. The predicted octanol–water partition coefficient (Wildman–Crippen LogP) is 3.37. The summed E-state index contributed by atoms with van der Waals surface area (Å²) in [4.78, 5) is 22.3. The summed E-state index contributed by atoms with van der Waals surface area (Å²) in [5.74, 6) is 1.31. The highest BCUT2D eigenvalue weighted by molar-refractivity contribution is 5.94. The molecule has 0 radical (unpaired) electrons. The zero-order valence-corrected chi connectivity index (χ0v) is 16.2. The highest BCUT2D eigenvalue weighted by atomic mass is 16.5. The lowest BCUT2D eigenvalue weighted by Gasteiger charge is -2.32. The maximum atomic E-state index is 12.9. The highest BCUT2D eigenvalue weighted by Gasteiger charge is 2.26. The molecular weight excluding hydrogens is 368 g/mol. The van der Waals surface area contributed by atoms with Crippen LogP contribution in [0.15, 0.2) is 42.6 Å². The van der Waals surface area contributed by atoms with Gasteiger partial charge in [0.1, 0.15) is 11.3 Å². The van der Waals surface area contributed by atoms with Crippen LogP contribution in [0.4, 0.5) is 0 Å². The fraction of sp³-hybridized carbons (Fsp3) is 0.318. The van der Waals surface area contributed by atoms with Gasteiger partial charge in [-0.1, -0.05) is 0 Å². The number of aromatic nitrogens is 2. The van der Waals surface area contributed by atoms with Crippen molar-refractivity contribution < 1.29 is 14.3 Å². The molecule has 0 saturated carbocycles. The molecule has 148 valence electrons. The van der Waals surface area contributed by atoms with E-state index in [1.807, 2.05) is 23.2 Å². The average molecular weight is 390 g/mol. The van der Waals surface area contributed by atoms with Gasteiger partial charge < -0.3 is 19.4 Å². The van der Waals surface area contributed by atoms with E-state index >= 15 is 0 Å². The first-order valence-electron chi connectivity index (χ1n) is 9.62. The van der Waals surface area contributed by atoms with Gasteiger partial charge >= 0.3 is 0 Å². The molecule has 0 bridgehead atoms. The Morgan fingerprint density at radius 2 is 2.21 bits per heavy atom. The van der Waals surface area contributed by atoms with Gasteiger partial charge in [-0.2, -0.15) is 5.26 Å². The van der Waals surface area contributed by atoms with E-state index in [0.29, 0.717) is 35.9 Å². The Morgan fingerprint density at radius 3 is 3.03 bits per heavy atom. The number of fused-ring (bicyclic) bond motifs is 1. The van der Waals surface area contributed by atoms with E-state index in [-0.39, 0.29) is 11.8 Å². The number of rotatable bonds is 5. The van der Waals surface area contributed by atoms with E-state index in [1.165, 1.54) is 0 Å². The molecule has 1 amide bonds.